The Morgan fingerprint density at radius 1 is 1.25 bits per heavy atom. The van der Waals surface area contributed by atoms with Crippen molar-refractivity contribution in [1.29, 1.82) is 5.26 Å². The molecule has 3 heterocycles. The molecule has 12 heteroatoms. The second kappa shape index (κ2) is 8.52. The lowest BCUT2D eigenvalue weighted by atomic mass is 9.81. The third kappa shape index (κ3) is 4.35. The van der Waals surface area contributed by atoms with Gasteiger partial charge in [-0.1, -0.05) is 0 Å². The van der Waals surface area contributed by atoms with Crippen molar-refractivity contribution in [3.05, 3.63) is 41.7 Å². The molecule has 4 rings (SSSR count). The van der Waals surface area contributed by atoms with E-state index in [-0.39, 0.29) is 17.5 Å². The summed E-state index contributed by atoms with van der Waals surface area (Å²) in [5, 5.41) is 14.0. The lowest BCUT2D eigenvalue weighted by Gasteiger charge is -2.50. The van der Waals surface area contributed by atoms with E-state index in [9.17, 15) is 23.2 Å². The van der Waals surface area contributed by atoms with Crippen molar-refractivity contribution in [2.24, 2.45) is 5.73 Å². The van der Waals surface area contributed by atoms with Gasteiger partial charge in [-0.3, -0.25) is 9.48 Å². The number of benzene rings is 1. The normalized spacial score (nSPS) is 21.1. The second-order valence-electron chi connectivity index (χ2n) is 10.6. The quantitative estimate of drug-likeness (QED) is 0.608. The number of aromatic nitrogens is 2. The monoisotopic (exact) mass is 503 g/mol. The summed E-state index contributed by atoms with van der Waals surface area (Å²) < 4.78 is 54.2. The third-order valence-electron chi connectivity index (χ3n) is 7.62. The highest BCUT2D eigenvalue weighted by Gasteiger charge is 2.53. The van der Waals surface area contributed by atoms with Gasteiger partial charge < -0.3 is 19.9 Å². The van der Waals surface area contributed by atoms with Crippen LogP contribution in [0.5, 0.6) is 0 Å². The summed E-state index contributed by atoms with van der Waals surface area (Å²) in [6.45, 7) is 9.52. The molecule has 2 fully saturated rings. The summed E-state index contributed by atoms with van der Waals surface area (Å²) in [5.74, 6) is -2.78. The van der Waals surface area contributed by atoms with Crippen LogP contribution in [0.3, 0.4) is 0 Å². The van der Waals surface area contributed by atoms with Crippen molar-refractivity contribution in [2.75, 3.05) is 18.0 Å². The number of hydrogen-bond donors (Lipinski definition) is 1. The van der Waals surface area contributed by atoms with Gasteiger partial charge in [0.25, 0.3) is 0 Å². The fraction of sp³-hybridized carbons (Fsp3) is 0.542. The van der Waals surface area contributed by atoms with Gasteiger partial charge in [0.15, 0.2) is 0 Å². The Labute approximate surface area is 208 Å². The predicted molar refractivity (Wildman–Crippen MR) is 128 cm³/mol. The Kier molecular flexibility index (Phi) is 6.17. The summed E-state index contributed by atoms with van der Waals surface area (Å²) in [4.78, 5) is 13.6. The molecule has 2 N–H and O–H groups in total. The van der Waals surface area contributed by atoms with Gasteiger partial charge in [0.2, 0.25) is 5.91 Å². The molecule has 0 unspecified atom stereocenters. The van der Waals surface area contributed by atoms with Gasteiger partial charge >= 0.3 is 13.3 Å². The molecule has 1 aromatic heterocycles. The zero-order valence-corrected chi connectivity index (χ0v) is 20.9. The van der Waals surface area contributed by atoms with Crippen LogP contribution >= 0.6 is 0 Å². The van der Waals surface area contributed by atoms with Crippen molar-refractivity contribution < 1.29 is 27.3 Å². The van der Waals surface area contributed by atoms with Gasteiger partial charge in [0.05, 0.1) is 29.6 Å². The van der Waals surface area contributed by atoms with Gasteiger partial charge in [-0.05, 0) is 58.4 Å². The van der Waals surface area contributed by atoms with E-state index in [1.54, 1.807) is 23.1 Å². The van der Waals surface area contributed by atoms with Crippen molar-refractivity contribution >= 4 is 24.2 Å². The zero-order chi connectivity index (χ0) is 26.7. The molecule has 36 heavy (non-hydrogen) atoms. The number of hydrogen-bond acceptors (Lipinski definition) is 6. The Bertz CT molecular complexity index is 1200. The van der Waals surface area contributed by atoms with Crippen LogP contribution in [-0.4, -0.2) is 53.3 Å². The van der Waals surface area contributed by atoms with Crippen LogP contribution in [-0.2, 0) is 14.8 Å². The lowest BCUT2D eigenvalue weighted by molar-refractivity contribution is -0.146. The number of halogens is 3. The first-order valence-electron chi connectivity index (χ1n) is 11.6. The van der Waals surface area contributed by atoms with E-state index in [0.29, 0.717) is 18.8 Å². The molecule has 8 nitrogen and oxygen atoms in total. The molecule has 0 bridgehead atoms. The first-order chi connectivity index (χ1) is 16.6. The first kappa shape index (κ1) is 26.0. The number of nitrogens with two attached hydrogens (primary N) is 1. The Hall–Kier alpha value is -3.04. The lowest BCUT2D eigenvalue weighted by Crippen LogP contribution is -2.63. The highest BCUT2D eigenvalue weighted by molar-refractivity contribution is 6.62. The highest BCUT2D eigenvalue weighted by Crippen LogP contribution is 2.41. The topological polar surface area (TPSA) is 106 Å². The van der Waals surface area contributed by atoms with E-state index in [2.05, 4.69) is 11.2 Å². The van der Waals surface area contributed by atoms with Crippen molar-refractivity contribution in [1.82, 2.24) is 9.78 Å². The SMILES string of the molecule is C[C@@H](c1cc(N2CC(CC#N)(n3cc(B4OC(C)(C)C(C)(C)O4)cn3)C2)ccc1C(N)=O)C(F)(F)F. The van der Waals surface area contributed by atoms with Gasteiger partial charge in [-0.2, -0.15) is 23.5 Å². The Balaban J connectivity index is 1.58. The summed E-state index contributed by atoms with van der Waals surface area (Å²) in [6.07, 6.45) is -0.931. The first-order valence-corrected chi connectivity index (χ1v) is 11.6. The number of carbonyl (C=O) groups is 1. The molecule has 2 aliphatic rings. The minimum absolute atomic E-state index is 0.152. The molecule has 1 aromatic carbocycles. The number of primary amides is 1. The number of anilines is 1. The molecule has 0 aliphatic carbocycles. The third-order valence-corrected chi connectivity index (χ3v) is 7.62. The van der Waals surface area contributed by atoms with Crippen molar-refractivity contribution in [2.45, 2.75) is 69.9 Å². The summed E-state index contributed by atoms with van der Waals surface area (Å²) >= 11 is 0. The maximum atomic E-state index is 13.4. The summed E-state index contributed by atoms with van der Waals surface area (Å²) in [7, 11) is -0.605. The van der Waals surface area contributed by atoms with Crippen LogP contribution in [0, 0.1) is 11.3 Å². The standard InChI is InChI=1S/C24H29BF3N5O3/c1-15(24(26,27)28)19-10-17(6-7-18(19)20(30)34)32-13-23(14-32,8-9-29)33-12-16(11-31-33)25-35-21(2,3)22(4,5)36-25/h6-7,10-12,15H,8,13-14H2,1-5H3,(H2,30,34)/t15-/m0/s1. The molecule has 1 amide bonds. The largest absolute Gasteiger partial charge is 0.498 e. The molecule has 1 atom stereocenters. The fourth-order valence-corrected chi connectivity index (χ4v) is 4.53. The maximum absolute atomic E-state index is 13.4. The second-order valence-corrected chi connectivity index (χ2v) is 10.6. The van der Waals surface area contributed by atoms with E-state index in [1.165, 1.54) is 12.1 Å². The van der Waals surface area contributed by atoms with Gasteiger partial charge in [-0.25, -0.2) is 0 Å². The molecule has 192 valence electrons. The molecule has 2 saturated heterocycles. The Morgan fingerprint density at radius 3 is 2.39 bits per heavy atom. The number of alkyl halides is 3. The Morgan fingerprint density at radius 2 is 1.86 bits per heavy atom. The highest BCUT2D eigenvalue weighted by atomic mass is 19.4. The van der Waals surface area contributed by atoms with Crippen molar-refractivity contribution in [3.63, 3.8) is 0 Å². The van der Waals surface area contributed by atoms with Crippen LogP contribution in [0.4, 0.5) is 18.9 Å². The van der Waals surface area contributed by atoms with E-state index >= 15 is 0 Å². The van der Waals surface area contributed by atoms with Crippen LogP contribution < -0.4 is 16.1 Å². The number of nitrogens with zero attached hydrogens (tertiary/aromatic N) is 4. The van der Waals surface area contributed by atoms with E-state index in [4.69, 9.17) is 15.0 Å². The van der Waals surface area contributed by atoms with Crippen LogP contribution in [0.25, 0.3) is 0 Å². The van der Waals surface area contributed by atoms with E-state index in [0.717, 1.165) is 12.4 Å². The molecule has 0 spiro atoms. The predicted octanol–water partition coefficient (Wildman–Crippen LogP) is 3.08. The van der Waals surface area contributed by atoms with Crippen LogP contribution in [0.1, 0.15) is 62.9 Å². The molecule has 0 radical (unpaired) electrons. The van der Waals surface area contributed by atoms with Gasteiger partial charge in [0.1, 0.15) is 5.54 Å². The van der Waals surface area contributed by atoms with Gasteiger partial charge in [-0.15, -0.1) is 0 Å². The molecule has 0 saturated carbocycles. The van der Waals surface area contributed by atoms with Crippen LogP contribution in [0.15, 0.2) is 30.6 Å². The number of amides is 1. The fourth-order valence-electron chi connectivity index (χ4n) is 4.53. The van der Waals surface area contributed by atoms with E-state index < -0.39 is 41.9 Å². The maximum Gasteiger partial charge on any atom is 0.498 e. The smallest absolute Gasteiger partial charge is 0.399 e. The molecule has 2 aliphatic heterocycles. The molecule has 2 aromatic rings. The van der Waals surface area contributed by atoms with E-state index in [1.807, 2.05) is 32.6 Å². The van der Waals surface area contributed by atoms with Gasteiger partial charge in [0, 0.05) is 42.2 Å². The van der Waals surface area contributed by atoms with Crippen LogP contribution in [0.2, 0.25) is 0 Å². The zero-order valence-electron chi connectivity index (χ0n) is 20.9. The molecular weight excluding hydrogens is 474 g/mol. The summed E-state index contributed by atoms with van der Waals surface area (Å²) in [5.41, 5.74) is 4.52. The summed E-state index contributed by atoms with van der Waals surface area (Å²) in [6, 6.07) is 6.45. The number of nitriles is 1. The average Bonchev–Trinajstić information content (AvgIpc) is 3.31. The number of carbonyl (C=O) groups excluding carboxylic acids is 1. The number of rotatable bonds is 6. The molecular formula is C24H29BF3N5O3. The van der Waals surface area contributed by atoms with Crippen molar-refractivity contribution in [3.8, 4) is 6.07 Å². The minimum atomic E-state index is -4.53. The average molecular weight is 503 g/mol. The minimum Gasteiger partial charge on any atom is -0.399 e.